The molecule has 8 heteroatoms. The zero-order chi connectivity index (χ0) is 12.2. The van der Waals surface area contributed by atoms with Crippen molar-refractivity contribution in [1.82, 2.24) is 10.9 Å². The number of carbonyl (C=O) groups is 2. The standard InChI is InChI=1S/C8H13N3O4Se/c1-8(11-10-7(13)15-3)5(6(12)14-2)16-4-9-8/h4-5,11H,1-3H3,(H,10,13)/t5-,8+/m1/s1. The second kappa shape index (κ2) is 5.29. The van der Waals surface area contributed by atoms with E-state index in [0.717, 1.165) is 0 Å². The first-order chi connectivity index (χ1) is 7.53. The Kier molecular flexibility index (Phi) is 4.28. The Labute approximate surface area is 99.1 Å². The molecular formula is C8H13N3O4Se. The molecule has 2 N–H and O–H groups in total. The molecule has 0 aliphatic carbocycles. The van der Waals surface area contributed by atoms with Crippen LogP contribution in [0.25, 0.3) is 0 Å². The molecule has 1 aliphatic rings. The molecule has 0 saturated heterocycles. The molecule has 1 heterocycles. The third-order valence-corrected chi connectivity index (χ3v) is 4.46. The first-order valence-electron chi connectivity index (χ1n) is 4.41. The van der Waals surface area contributed by atoms with Crippen LogP contribution in [0.2, 0.25) is 4.82 Å². The molecule has 0 radical (unpaired) electrons. The normalized spacial score (nSPS) is 27.6. The molecule has 0 aromatic heterocycles. The molecule has 0 unspecified atom stereocenters. The van der Waals surface area contributed by atoms with Crippen molar-refractivity contribution in [3.8, 4) is 0 Å². The monoisotopic (exact) mass is 295 g/mol. The summed E-state index contributed by atoms with van der Waals surface area (Å²) >= 11 is -0.0906. The van der Waals surface area contributed by atoms with E-state index in [4.69, 9.17) is 0 Å². The molecule has 1 amide bonds. The third kappa shape index (κ3) is 2.72. The van der Waals surface area contributed by atoms with Crippen LogP contribution in [0, 0.1) is 0 Å². The number of hydrogen-bond donors (Lipinski definition) is 2. The Bertz CT molecular complexity index is 322. The summed E-state index contributed by atoms with van der Waals surface area (Å²) in [6.45, 7) is 1.70. The second-order valence-electron chi connectivity index (χ2n) is 3.16. The summed E-state index contributed by atoms with van der Waals surface area (Å²) in [5, 5.41) is 1.68. The molecule has 0 spiro atoms. The van der Waals surface area contributed by atoms with Crippen LogP contribution in [0.15, 0.2) is 4.99 Å². The van der Waals surface area contributed by atoms with Crippen molar-refractivity contribution in [2.75, 3.05) is 14.2 Å². The topological polar surface area (TPSA) is 89.0 Å². The van der Waals surface area contributed by atoms with Gasteiger partial charge in [0.2, 0.25) is 0 Å². The first-order valence-corrected chi connectivity index (χ1v) is 6.39. The number of aliphatic imine (C=N–C) groups is 1. The van der Waals surface area contributed by atoms with Gasteiger partial charge < -0.3 is 0 Å². The molecule has 1 aliphatic heterocycles. The van der Waals surface area contributed by atoms with E-state index in [1.807, 2.05) is 0 Å². The quantitative estimate of drug-likeness (QED) is 0.407. The third-order valence-electron chi connectivity index (χ3n) is 2.05. The molecular weight excluding hydrogens is 281 g/mol. The summed E-state index contributed by atoms with van der Waals surface area (Å²) in [6, 6.07) is 0. The molecule has 0 fully saturated rings. The van der Waals surface area contributed by atoms with Crippen molar-refractivity contribution in [3.05, 3.63) is 0 Å². The van der Waals surface area contributed by atoms with Gasteiger partial charge in [0.15, 0.2) is 0 Å². The molecule has 90 valence electrons. The van der Waals surface area contributed by atoms with Gasteiger partial charge in [0, 0.05) is 0 Å². The Balaban J connectivity index is 2.63. The van der Waals surface area contributed by atoms with Crippen molar-refractivity contribution in [3.63, 3.8) is 0 Å². The van der Waals surface area contributed by atoms with E-state index < -0.39 is 16.6 Å². The summed E-state index contributed by atoms with van der Waals surface area (Å²) in [5.41, 5.74) is 4.09. The van der Waals surface area contributed by atoms with Gasteiger partial charge in [0.1, 0.15) is 0 Å². The minimum absolute atomic E-state index is 0.0906. The van der Waals surface area contributed by atoms with E-state index in [0.29, 0.717) is 0 Å². The number of hydrazine groups is 1. The zero-order valence-electron chi connectivity index (χ0n) is 9.14. The van der Waals surface area contributed by atoms with Crippen LogP contribution in [0.4, 0.5) is 4.79 Å². The van der Waals surface area contributed by atoms with E-state index in [2.05, 4.69) is 25.3 Å². The van der Waals surface area contributed by atoms with E-state index in [1.165, 1.54) is 14.2 Å². The number of methoxy groups -OCH3 is 2. The van der Waals surface area contributed by atoms with Crippen molar-refractivity contribution in [2.24, 2.45) is 4.99 Å². The predicted octanol–water partition coefficient (Wildman–Crippen LogP) is -0.729. The molecule has 1 rings (SSSR count). The van der Waals surface area contributed by atoms with Crippen LogP contribution in [-0.4, -0.2) is 52.0 Å². The molecule has 0 aromatic rings. The molecule has 0 aromatic carbocycles. The van der Waals surface area contributed by atoms with Gasteiger partial charge in [-0.05, 0) is 0 Å². The van der Waals surface area contributed by atoms with Gasteiger partial charge in [0.25, 0.3) is 0 Å². The van der Waals surface area contributed by atoms with E-state index in [9.17, 15) is 9.59 Å². The average molecular weight is 294 g/mol. The van der Waals surface area contributed by atoms with E-state index >= 15 is 0 Å². The number of nitrogens with zero attached hydrogens (tertiary/aromatic N) is 1. The Morgan fingerprint density at radius 1 is 1.44 bits per heavy atom. The summed E-state index contributed by atoms with van der Waals surface area (Å²) in [7, 11) is 2.57. The van der Waals surface area contributed by atoms with Gasteiger partial charge in [-0.2, -0.15) is 0 Å². The molecule has 7 nitrogen and oxygen atoms in total. The van der Waals surface area contributed by atoms with Crippen molar-refractivity contribution in [1.29, 1.82) is 0 Å². The van der Waals surface area contributed by atoms with Crippen molar-refractivity contribution in [2.45, 2.75) is 17.4 Å². The Morgan fingerprint density at radius 3 is 2.69 bits per heavy atom. The SMILES string of the molecule is COC(=O)NN[C@]1(C)N=C[Se][C@@H]1C(=O)OC. The number of nitrogens with one attached hydrogen (secondary N) is 2. The van der Waals surface area contributed by atoms with E-state index in [-0.39, 0.29) is 20.9 Å². The minimum atomic E-state index is -0.874. The average Bonchev–Trinajstić information content (AvgIpc) is 2.67. The number of rotatable bonds is 3. The number of amides is 1. The van der Waals surface area contributed by atoms with Crippen LogP contribution in [0.3, 0.4) is 0 Å². The molecule has 0 bridgehead atoms. The zero-order valence-corrected chi connectivity index (χ0v) is 10.9. The number of carbonyl (C=O) groups excluding carboxylic acids is 2. The maximum atomic E-state index is 11.5. The van der Waals surface area contributed by atoms with Crippen molar-refractivity contribution < 1.29 is 19.1 Å². The van der Waals surface area contributed by atoms with Gasteiger partial charge >= 0.3 is 98.7 Å². The van der Waals surface area contributed by atoms with Gasteiger partial charge in [-0.1, -0.05) is 0 Å². The number of esters is 1. The molecule has 2 atom stereocenters. The molecule has 16 heavy (non-hydrogen) atoms. The summed E-state index contributed by atoms with van der Waals surface area (Å²) < 4.78 is 9.08. The fourth-order valence-electron chi connectivity index (χ4n) is 1.12. The molecule has 0 saturated carbocycles. The number of hydrogen-bond acceptors (Lipinski definition) is 6. The van der Waals surface area contributed by atoms with Crippen LogP contribution >= 0.6 is 0 Å². The summed E-state index contributed by atoms with van der Waals surface area (Å²) in [4.78, 5) is 26.1. The van der Waals surface area contributed by atoms with Crippen LogP contribution < -0.4 is 10.9 Å². The first kappa shape index (κ1) is 13.0. The fraction of sp³-hybridized carbons (Fsp3) is 0.625. The van der Waals surface area contributed by atoms with Crippen LogP contribution in [-0.2, 0) is 14.3 Å². The second-order valence-corrected chi connectivity index (χ2v) is 5.17. The van der Waals surface area contributed by atoms with Gasteiger partial charge in [0.05, 0.1) is 0 Å². The summed E-state index contributed by atoms with van der Waals surface area (Å²) in [6.07, 6.45) is -0.639. The maximum absolute atomic E-state index is 11.5. The van der Waals surface area contributed by atoms with Crippen LogP contribution in [0.5, 0.6) is 0 Å². The summed E-state index contributed by atoms with van der Waals surface area (Å²) in [5.74, 6) is -0.348. The van der Waals surface area contributed by atoms with Crippen LogP contribution in [0.1, 0.15) is 6.92 Å². The van der Waals surface area contributed by atoms with Gasteiger partial charge in [-0.25, -0.2) is 0 Å². The van der Waals surface area contributed by atoms with Gasteiger partial charge in [-0.3, -0.25) is 0 Å². The fourth-order valence-corrected chi connectivity index (χ4v) is 3.20. The Hall–Kier alpha value is -1.11. The Morgan fingerprint density at radius 2 is 2.12 bits per heavy atom. The predicted molar refractivity (Wildman–Crippen MR) is 57.1 cm³/mol. The van der Waals surface area contributed by atoms with E-state index in [1.54, 1.807) is 12.0 Å². The van der Waals surface area contributed by atoms with Gasteiger partial charge in [-0.15, -0.1) is 0 Å². The number of ether oxygens (including phenoxy) is 2. The van der Waals surface area contributed by atoms with Crippen molar-refractivity contribution >= 4 is 32.1 Å².